The highest BCUT2D eigenvalue weighted by atomic mass is 32.2. The van der Waals surface area contributed by atoms with Crippen molar-refractivity contribution in [1.29, 1.82) is 0 Å². The quantitative estimate of drug-likeness (QED) is 0.382. The maximum absolute atomic E-state index is 11.7. The van der Waals surface area contributed by atoms with Crippen molar-refractivity contribution in [2.75, 3.05) is 12.4 Å². The van der Waals surface area contributed by atoms with Gasteiger partial charge >= 0.3 is 5.97 Å². The minimum atomic E-state index is -0.292. The lowest BCUT2D eigenvalue weighted by atomic mass is 9.62. The molecule has 0 saturated carbocycles. The van der Waals surface area contributed by atoms with Crippen LogP contribution in [-0.4, -0.2) is 18.3 Å². The van der Waals surface area contributed by atoms with Crippen LogP contribution in [0.1, 0.15) is 82.2 Å². The number of hydrogen-bond donors (Lipinski definition) is 0. The normalized spacial score (nSPS) is 23.4. The molecule has 1 atom stereocenters. The van der Waals surface area contributed by atoms with E-state index in [0.29, 0.717) is 6.61 Å². The molecule has 31 heavy (non-hydrogen) atoms. The summed E-state index contributed by atoms with van der Waals surface area (Å²) in [6.45, 7) is 14.1. The van der Waals surface area contributed by atoms with E-state index >= 15 is 0 Å². The number of thioether (sulfide) groups is 1. The SMILES string of the molecule is CCOC(=O)/C=C/c1ccc2c(c1)C(C)(c1ccc3c(c1)C(C)(C)CCC3(C)C)CS2. The van der Waals surface area contributed by atoms with Crippen molar-refractivity contribution in [2.45, 2.75) is 75.5 Å². The Morgan fingerprint density at radius 1 is 0.968 bits per heavy atom. The van der Waals surface area contributed by atoms with Gasteiger partial charge in [-0.25, -0.2) is 4.79 Å². The molecule has 4 rings (SSSR count). The summed E-state index contributed by atoms with van der Waals surface area (Å²) in [4.78, 5) is 13.1. The van der Waals surface area contributed by atoms with Crippen LogP contribution in [0.5, 0.6) is 0 Å². The second-order valence-corrected chi connectivity index (χ2v) is 11.5. The molecule has 1 aliphatic carbocycles. The molecule has 1 unspecified atom stereocenters. The molecule has 2 aliphatic rings. The van der Waals surface area contributed by atoms with E-state index < -0.39 is 0 Å². The summed E-state index contributed by atoms with van der Waals surface area (Å²) in [7, 11) is 0. The maximum atomic E-state index is 11.7. The van der Waals surface area contributed by atoms with E-state index in [1.54, 1.807) is 0 Å². The fourth-order valence-electron chi connectivity index (χ4n) is 5.03. The van der Waals surface area contributed by atoms with Crippen LogP contribution in [-0.2, 0) is 25.8 Å². The van der Waals surface area contributed by atoms with Crippen LogP contribution in [0.2, 0.25) is 0 Å². The molecule has 2 aromatic carbocycles. The predicted octanol–water partition coefficient (Wildman–Crippen LogP) is 7.02. The summed E-state index contributed by atoms with van der Waals surface area (Å²) in [5.74, 6) is 0.746. The Labute approximate surface area is 191 Å². The van der Waals surface area contributed by atoms with Gasteiger partial charge in [-0.05, 0) is 76.6 Å². The van der Waals surface area contributed by atoms with Crippen LogP contribution in [0.15, 0.2) is 47.4 Å². The fraction of sp³-hybridized carbons (Fsp3) is 0.464. The highest BCUT2D eigenvalue weighted by Crippen LogP contribution is 2.51. The molecule has 0 amide bonds. The van der Waals surface area contributed by atoms with E-state index in [4.69, 9.17) is 4.74 Å². The number of carbonyl (C=O) groups excluding carboxylic acids is 1. The van der Waals surface area contributed by atoms with Crippen molar-refractivity contribution in [3.05, 3.63) is 70.3 Å². The first-order valence-electron chi connectivity index (χ1n) is 11.3. The van der Waals surface area contributed by atoms with E-state index in [2.05, 4.69) is 71.0 Å². The average Bonchev–Trinajstić information content (AvgIpc) is 3.07. The van der Waals surface area contributed by atoms with E-state index in [-0.39, 0.29) is 22.2 Å². The predicted molar refractivity (Wildman–Crippen MR) is 131 cm³/mol. The first kappa shape index (κ1) is 22.2. The molecule has 0 aromatic heterocycles. The maximum Gasteiger partial charge on any atom is 0.330 e. The molecule has 0 fully saturated rings. The monoisotopic (exact) mass is 434 g/mol. The van der Waals surface area contributed by atoms with Gasteiger partial charge in [-0.2, -0.15) is 0 Å². The Balaban J connectivity index is 1.74. The lowest BCUT2D eigenvalue weighted by molar-refractivity contribution is -0.137. The van der Waals surface area contributed by atoms with Gasteiger partial charge in [0, 0.05) is 22.1 Å². The summed E-state index contributed by atoms with van der Waals surface area (Å²) in [6, 6.07) is 13.8. The van der Waals surface area contributed by atoms with Gasteiger partial charge in [0.25, 0.3) is 0 Å². The van der Waals surface area contributed by atoms with Crippen molar-refractivity contribution >= 4 is 23.8 Å². The smallest absolute Gasteiger partial charge is 0.330 e. The molecule has 0 N–H and O–H groups in total. The van der Waals surface area contributed by atoms with Crippen LogP contribution in [0.4, 0.5) is 0 Å². The van der Waals surface area contributed by atoms with Crippen molar-refractivity contribution in [1.82, 2.24) is 0 Å². The van der Waals surface area contributed by atoms with Gasteiger partial charge < -0.3 is 4.74 Å². The third-order valence-corrected chi connectivity index (χ3v) is 8.69. The summed E-state index contributed by atoms with van der Waals surface area (Å²) in [5.41, 5.74) is 7.22. The molecule has 3 heteroatoms. The highest BCUT2D eigenvalue weighted by molar-refractivity contribution is 7.99. The minimum absolute atomic E-state index is 0.0412. The van der Waals surface area contributed by atoms with Crippen LogP contribution >= 0.6 is 11.8 Å². The Hall–Kier alpha value is -2.00. The van der Waals surface area contributed by atoms with E-state index in [0.717, 1.165) is 11.3 Å². The molecule has 0 bridgehead atoms. The molecule has 1 heterocycles. The van der Waals surface area contributed by atoms with E-state index in [9.17, 15) is 4.79 Å². The van der Waals surface area contributed by atoms with Gasteiger partial charge in [0.05, 0.1) is 6.61 Å². The molecular weight excluding hydrogens is 400 g/mol. The number of carbonyl (C=O) groups is 1. The number of hydrogen-bond acceptors (Lipinski definition) is 3. The van der Waals surface area contributed by atoms with Crippen LogP contribution in [0.3, 0.4) is 0 Å². The number of esters is 1. The summed E-state index contributed by atoms with van der Waals surface area (Å²) in [6.07, 6.45) is 5.84. The Morgan fingerprint density at radius 2 is 1.68 bits per heavy atom. The zero-order valence-corrected chi connectivity index (χ0v) is 20.5. The van der Waals surface area contributed by atoms with Gasteiger partial charge in [0.15, 0.2) is 0 Å². The zero-order chi connectivity index (χ0) is 22.4. The Bertz CT molecular complexity index is 1050. The minimum Gasteiger partial charge on any atom is -0.463 e. The molecule has 0 radical (unpaired) electrons. The average molecular weight is 435 g/mol. The van der Waals surface area contributed by atoms with Gasteiger partial charge in [0.2, 0.25) is 0 Å². The van der Waals surface area contributed by atoms with Crippen molar-refractivity contribution in [3.63, 3.8) is 0 Å². The largest absolute Gasteiger partial charge is 0.463 e. The Morgan fingerprint density at radius 3 is 2.39 bits per heavy atom. The summed E-state index contributed by atoms with van der Waals surface area (Å²) >= 11 is 1.93. The first-order chi connectivity index (χ1) is 14.6. The third kappa shape index (κ3) is 3.98. The molecular formula is C28H34O2S. The highest BCUT2D eigenvalue weighted by Gasteiger charge is 2.41. The van der Waals surface area contributed by atoms with Crippen LogP contribution in [0.25, 0.3) is 6.08 Å². The van der Waals surface area contributed by atoms with Crippen molar-refractivity contribution in [2.24, 2.45) is 0 Å². The molecule has 2 nitrogen and oxygen atoms in total. The topological polar surface area (TPSA) is 26.3 Å². The summed E-state index contributed by atoms with van der Waals surface area (Å²) < 4.78 is 5.03. The van der Waals surface area contributed by atoms with Crippen LogP contribution < -0.4 is 0 Å². The molecule has 1 aliphatic heterocycles. The third-order valence-electron chi connectivity index (χ3n) is 7.30. The van der Waals surface area contributed by atoms with Gasteiger partial charge in [-0.1, -0.05) is 58.9 Å². The van der Waals surface area contributed by atoms with E-state index in [1.807, 2.05) is 24.8 Å². The van der Waals surface area contributed by atoms with Gasteiger partial charge in [0.1, 0.15) is 0 Å². The second kappa shape index (κ2) is 7.85. The first-order valence-corrected chi connectivity index (χ1v) is 12.3. The molecule has 2 aromatic rings. The second-order valence-electron chi connectivity index (χ2n) is 10.5. The number of ether oxygens (including phenoxy) is 1. The molecule has 0 saturated heterocycles. The lowest BCUT2D eigenvalue weighted by Gasteiger charge is -2.42. The number of rotatable bonds is 4. The van der Waals surface area contributed by atoms with Crippen LogP contribution in [0, 0.1) is 0 Å². The van der Waals surface area contributed by atoms with Gasteiger partial charge in [-0.3, -0.25) is 0 Å². The molecule has 0 spiro atoms. The zero-order valence-electron chi connectivity index (χ0n) is 19.7. The standard InChI is InChI=1S/C28H34O2S/c1-7-30-25(29)13-9-19-8-12-24-23(16-19)28(6,18-31-24)20-10-11-21-22(17-20)27(4,5)15-14-26(21,2)3/h8-13,16-17H,7,14-15,18H2,1-6H3/b13-9+. The van der Waals surface area contributed by atoms with Crippen molar-refractivity contribution < 1.29 is 9.53 Å². The molecule has 164 valence electrons. The van der Waals surface area contributed by atoms with E-state index in [1.165, 1.54) is 46.1 Å². The fourth-order valence-corrected chi connectivity index (χ4v) is 6.40. The van der Waals surface area contributed by atoms with Crippen molar-refractivity contribution in [3.8, 4) is 0 Å². The van der Waals surface area contributed by atoms with Gasteiger partial charge in [-0.15, -0.1) is 11.8 Å². The lowest BCUT2D eigenvalue weighted by Crippen LogP contribution is -2.35. The number of benzene rings is 2. The summed E-state index contributed by atoms with van der Waals surface area (Å²) in [5, 5.41) is 0. The number of fused-ring (bicyclic) bond motifs is 2. The Kier molecular flexibility index (Phi) is 5.62.